The first-order valence-corrected chi connectivity index (χ1v) is 41.6. The molecule has 7 atom stereocenters. The van der Waals surface area contributed by atoms with Gasteiger partial charge in [-0.2, -0.15) is 0 Å². The Labute approximate surface area is 581 Å². The quantitative estimate of drug-likeness (QED) is 0.0195. The number of nitrogens with one attached hydrogen (secondary N) is 1. The third kappa shape index (κ3) is 60.1. The molecule has 0 saturated carbocycles. The van der Waals surface area contributed by atoms with Crippen molar-refractivity contribution in [2.75, 3.05) is 19.8 Å². The van der Waals surface area contributed by atoms with Gasteiger partial charge >= 0.3 is 5.97 Å². The van der Waals surface area contributed by atoms with Crippen molar-refractivity contribution in [1.82, 2.24) is 5.32 Å². The van der Waals surface area contributed by atoms with Gasteiger partial charge in [0.25, 0.3) is 0 Å². The first kappa shape index (κ1) is 90.2. The maximum atomic E-state index is 13.0. The van der Waals surface area contributed by atoms with Crippen molar-refractivity contribution in [1.29, 1.82) is 0 Å². The second kappa shape index (κ2) is 72.4. The molecule has 1 rings (SSSR count). The van der Waals surface area contributed by atoms with Crippen LogP contribution in [0.1, 0.15) is 431 Å². The van der Waals surface area contributed by atoms with Crippen molar-refractivity contribution in [2.24, 2.45) is 0 Å². The average Bonchev–Trinajstić information content (AvgIpc) is 0.848. The molecular weight excluding hydrogens is 1170 g/mol. The molecule has 11 nitrogen and oxygen atoms in total. The minimum Gasteiger partial charge on any atom is -0.466 e. The second-order valence-electron chi connectivity index (χ2n) is 29.2. The van der Waals surface area contributed by atoms with Crippen LogP contribution in [0, 0.1) is 0 Å². The predicted octanol–water partition coefficient (Wildman–Crippen LogP) is 22.7. The van der Waals surface area contributed by atoms with E-state index in [0.717, 1.165) is 57.8 Å². The van der Waals surface area contributed by atoms with E-state index in [9.17, 15) is 35.1 Å². The molecule has 1 aliphatic rings. The molecule has 1 fully saturated rings. The fourth-order valence-corrected chi connectivity index (χ4v) is 13.6. The van der Waals surface area contributed by atoms with Crippen molar-refractivity contribution < 1.29 is 49.3 Å². The maximum Gasteiger partial charge on any atom is 0.305 e. The predicted molar refractivity (Wildman–Crippen MR) is 398 cm³/mol. The van der Waals surface area contributed by atoms with E-state index < -0.39 is 49.5 Å². The Morgan fingerprint density at radius 2 is 0.681 bits per heavy atom. The Bertz CT molecular complexity index is 1610. The summed E-state index contributed by atoms with van der Waals surface area (Å²) in [7, 11) is 0. The standard InChI is InChI=1S/C83H159NO10/c1-3-5-7-9-11-13-14-15-16-17-42-45-48-51-55-59-63-67-71-79(88)92-72-68-64-60-56-52-49-46-43-40-38-36-34-32-30-28-26-24-22-20-18-19-21-23-25-27-29-31-33-35-37-39-41-44-47-50-54-58-62-66-70-78(87)84-75(76(86)69-65-61-57-53-12-10-8-6-4-2)74-93-83-82(91)81(90)80(89)77(73-85)94-83/h16-17,65,69,75-77,80-83,85-86,89-91H,3-15,18-64,66-68,70-74H2,1-2H3,(H,84,87)/b17-16-,69-65+. The maximum absolute atomic E-state index is 13.0. The number of rotatable bonds is 75. The van der Waals surface area contributed by atoms with Crippen LogP contribution in [0.25, 0.3) is 0 Å². The first-order chi connectivity index (χ1) is 46.2. The van der Waals surface area contributed by atoms with Crippen molar-refractivity contribution in [3.8, 4) is 0 Å². The van der Waals surface area contributed by atoms with Gasteiger partial charge in [-0.1, -0.05) is 385 Å². The number of hydrogen-bond donors (Lipinski definition) is 6. The summed E-state index contributed by atoms with van der Waals surface area (Å²) in [5, 5.41) is 54.4. The zero-order valence-corrected chi connectivity index (χ0v) is 62.2. The van der Waals surface area contributed by atoms with E-state index in [4.69, 9.17) is 14.2 Å². The van der Waals surface area contributed by atoms with Crippen LogP contribution in [0.3, 0.4) is 0 Å². The fourth-order valence-electron chi connectivity index (χ4n) is 13.6. The molecule has 1 saturated heterocycles. The van der Waals surface area contributed by atoms with E-state index in [1.807, 2.05) is 6.08 Å². The molecule has 1 aliphatic heterocycles. The summed E-state index contributed by atoms with van der Waals surface area (Å²) in [6, 6.07) is -0.803. The molecule has 556 valence electrons. The van der Waals surface area contributed by atoms with Gasteiger partial charge < -0.3 is 45.1 Å². The zero-order chi connectivity index (χ0) is 67.9. The van der Waals surface area contributed by atoms with E-state index in [1.54, 1.807) is 6.08 Å². The normalized spacial score (nSPS) is 17.5. The summed E-state index contributed by atoms with van der Waals surface area (Å²) in [6.45, 7) is 4.37. The topological polar surface area (TPSA) is 175 Å². The van der Waals surface area contributed by atoms with Gasteiger partial charge in [0.1, 0.15) is 24.4 Å². The van der Waals surface area contributed by atoms with Gasteiger partial charge in [0.2, 0.25) is 5.91 Å². The molecule has 1 amide bonds. The highest BCUT2D eigenvalue weighted by atomic mass is 16.7. The first-order valence-electron chi connectivity index (χ1n) is 41.6. The highest BCUT2D eigenvalue weighted by Gasteiger charge is 2.44. The van der Waals surface area contributed by atoms with Gasteiger partial charge in [-0.05, 0) is 57.8 Å². The van der Waals surface area contributed by atoms with Crippen molar-refractivity contribution in [2.45, 2.75) is 474 Å². The van der Waals surface area contributed by atoms with Crippen LogP contribution in [0.15, 0.2) is 24.3 Å². The van der Waals surface area contributed by atoms with E-state index in [1.165, 1.54) is 347 Å². The SMILES string of the molecule is CCCCCCCCC/C=C\CCCCCCCCCC(=O)OCCCCCCCCCCCCCCCCCCCCCCCCCCCCCCCCCCCCCCCCCC(=O)NC(COC1OC(CO)C(O)C(O)C1O)C(O)/C=C/CCCCCCCCC. The molecule has 0 radical (unpaired) electrons. The molecular formula is C83H159NO10. The van der Waals surface area contributed by atoms with Gasteiger partial charge in [0.15, 0.2) is 6.29 Å². The van der Waals surface area contributed by atoms with Crippen molar-refractivity contribution >= 4 is 11.9 Å². The van der Waals surface area contributed by atoms with Gasteiger partial charge in [-0.15, -0.1) is 0 Å². The van der Waals surface area contributed by atoms with Crippen LogP contribution in [0.4, 0.5) is 0 Å². The summed E-state index contributed by atoms with van der Waals surface area (Å²) < 4.78 is 16.8. The van der Waals surface area contributed by atoms with Crippen molar-refractivity contribution in [3.63, 3.8) is 0 Å². The molecule has 7 unspecified atom stereocenters. The minimum atomic E-state index is -1.57. The van der Waals surface area contributed by atoms with Gasteiger partial charge in [-0.3, -0.25) is 9.59 Å². The molecule has 0 aromatic carbocycles. The van der Waals surface area contributed by atoms with E-state index >= 15 is 0 Å². The molecule has 94 heavy (non-hydrogen) atoms. The lowest BCUT2D eigenvalue weighted by Gasteiger charge is -2.40. The monoisotopic (exact) mass is 1330 g/mol. The largest absolute Gasteiger partial charge is 0.466 e. The average molecular weight is 1330 g/mol. The third-order valence-electron chi connectivity index (χ3n) is 20.1. The highest BCUT2D eigenvalue weighted by molar-refractivity contribution is 5.76. The number of aliphatic hydroxyl groups is 5. The van der Waals surface area contributed by atoms with Gasteiger partial charge in [0.05, 0.1) is 32.0 Å². The Kier molecular flexibility index (Phi) is 69.4. The minimum absolute atomic E-state index is 0.0164. The van der Waals surface area contributed by atoms with Crippen LogP contribution in [0.2, 0.25) is 0 Å². The number of allylic oxidation sites excluding steroid dienone is 3. The second-order valence-corrected chi connectivity index (χ2v) is 29.2. The molecule has 0 aromatic heterocycles. The summed E-state index contributed by atoms with van der Waals surface area (Å²) >= 11 is 0. The summed E-state index contributed by atoms with van der Waals surface area (Å²) in [5.74, 6) is -0.159. The van der Waals surface area contributed by atoms with E-state index in [2.05, 4.69) is 31.3 Å². The Morgan fingerprint density at radius 3 is 1.02 bits per heavy atom. The number of carbonyl (C=O) groups excluding carboxylic acids is 2. The highest BCUT2D eigenvalue weighted by Crippen LogP contribution is 2.24. The Morgan fingerprint density at radius 1 is 0.383 bits per heavy atom. The van der Waals surface area contributed by atoms with E-state index in [-0.39, 0.29) is 18.5 Å². The summed E-state index contributed by atoms with van der Waals surface area (Å²) in [4.78, 5) is 25.2. The van der Waals surface area contributed by atoms with Crippen LogP contribution < -0.4 is 5.32 Å². The van der Waals surface area contributed by atoms with Gasteiger partial charge in [-0.25, -0.2) is 0 Å². The molecule has 6 N–H and O–H groups in total. The van der Waals surface area contributed by atoms with Crippen LogP contribution in [-0.4, -0.2) is 100 Å². The van der Waals surface area contributed by atoms with Crippen molar-refractivity contribution in [3.05, 3.63) is 24.3 Å². The lowest BCUT2D eigenvalue weighted by Crippen LogP contribution is -2.60. The molecule has 0 aliphatic carbocycles. The fraction of sp³-hybridized carbons (Fsp3) is 0.928. The lowest BCUT2D eigenvalue weighted by molar-refractivity contribution is -0.302. The molecule has 0 spiro atoms. The molecule has 0 bridgehead atoms. The zero-order valence-electron chi connectivity index (χ0n) is 62.2. The Hall–Kier alpha value is -1.86. The lowest BCUT2D eigenvalue weighted by atomic mass is 9.99. The third-order valence-corrected chi connectivity index (χ3v) is 20.1. The van der Waals surface area contributed by atoms with Gasteiger partial charge in [0, 0.05) is 12.8 Å². The number of unbranched alkanes of at least 4 members (excludes halogenated alkanes) is 59. The number of esters is 1. The van der Waals surface area contributed by atoms with E-state index in [0.29, 0.717) is 19.4 Å². The van der Waals surface area contributed by atoms with Crippen LogP contribution in [0.5, 0.6) is 0 Å². The number of carbonyl (C=O) groups is 2. The van der Waals surface area contributed by atoms with Crippen LogP contribution >= 0.6 is 0 Å². The summed E-state index contributed by atoms with van der Waals surface area (Å²) in [5.41, 5.74) is 0. The summed E-state index contributed by atoms with van der Waals surface area (Å²) in [6.07, 6.45) is 84.0. The number of aliphatic hydroxyl groups excluding tert-OH is 5. The number of ether oxygens (including phenoxy) is 3. The molecule has 1 heterocycles. The number of amides is 1. The van der Waals surface area contributed by atoms with Crippen LogP contribution in [-0.2, 0) is 23.8 Å². The smallest absolute Gasteiger partial charge is 0.305 e. The molecule has 0 aromatic rings. The number of hydrogen-bond acceptors (Lipinski definition) is 10. The Balaban J connectivity index is 1.81. The molecule has 11 heteroatoms.